The van der Waals surface area contributed by atoms with Crippen LogP contribution in [0.1, 0.15) is 23.0 Å². The highest BCUT2D eigenvalue weighted by Crippen LogP contribution is 2.30. The number of aryl methyl sites for hydroxylation is 1. The van der Waals surface area contributed by atoms with E-state index >= 15 is 0 Å². The normalized spacial score (nSPS) is 10.8. The van der Waals surface area contributed by atoms with Gasteiger partial charge in [-0.1, -0.05) is 0 Å². The second kappa shape index (κ2) is 4.08. The Morgan fingerprint density at radius 2 is 2.12 bits per heavy atom. The lowest BCUT2D eigenvalue weighted by Crippen LogP contribution is -1.93. The Labute approximate surface area is 107 Å². The van der Waals surface area contributed by atoms with Crippen LogP contribution in [0.2, 0.25) is 0 Å². The Morgan fingerprint density at radius 3 is 2.69 bits per heavy atom. The summed E-state index contributed by atoms with van der Waals surface area (Å²) < 4.78 is 6.28. The first-order chi connectivity index (χ1) is 7.54. The van der Waals surface area contributed by atoms with Crippen molar-refractivity contribution in [3.8, 4) is 5.75 Å². The van der Waals surface area contributed by atoms with Crippen molar-refractivity contribution in [2.75, 3.05) is 7.11 Å². The molecule has 1 heterocycles. The minimum absolute atomic E-state index is 0.0588. The Balaban J connectivity index is 2.81. The zero-order chi connectivity index (χ0) is 11.9. The number of aromatic amines is 1. The molecule has 1 N–H and O–H groups in total. The smallest absolute Gasteiger partial charge is 0.176 e. The molecule has 0 aliphatic rings. The highest BCUT2D eigenvalue weighted by Gasteiger charge is 2.14. The third-order valence-electron chi connectivity index (χ3n) is 2.68. The van der Waals surface area contributed by atoms with Crippen molar-refractivity contribution >= 4 is 39.3 Å². The Bertz CT molecular complexity index is 572. The van der Waals surface area contributed by atoms with Gasteiger partial charge in [-0.15, -0.1) is 0 Å². The van der Waals surface area contributed by atoms with Crippen molar-refractivity contribution in [3.63, 3.8) is 0 Å². The summed E-state index contributed by atoms with van der Waals surface area (Å²) in [7, 11) is 1.64. The Kier molecular flexibility index (Phi) is 2.92. The monoisotopic (exact) mass is 329 g/mol. The predicted molar refractivity (Wildman–Crippen MR) is 72.3 cm³/mol. The molecule has 2 rings (SSSR count). The van der Waals surface area contributed by atoms with Crippen LogP contribution in [0, 0.1) is 10.5 Å². The van der Waals surface area contributed by atoms with Gasteiger partial charge in [-0.3, -0.25) is 4.79 Å². The van der Waals surface area contributed by atoms with E-state index < -0.39 is 0 Å². The van der Waals surface area contributed by atoms with Crippen LogP contribution in [-0.2, 0) is 0 Å². The number of benzene rings is 1. The number of halogens is 1. The minimum Gasteiger partial charge on any atom is -0.497 e. The Morgan fingerprint density at radius 1 is 1.44 bits per heavy atom. The molecule has 0 aliphatic carbocycles. The van der Waals surface area contributed by atoms with E-state index in [2.05, 4.69) is 27.6 Å². The number of rotatable bonds is 2. The second-order valence-corrected chi connectivity index (χ2v) is 4.88. The van der Waals surface area contributed by atoms with Gasteiger partial charge in [0.1, 0.15) is 5.75 Å². The van der Waals surface area contributed by atoms with Crippen LogP contribution in [0.15, 0.2) is 12.1 Å². The molecular formula is C12H12INO2. The molecule has 2 aromatic rings. The van der Waals surface area contributed by atoms with Gasteiger partial charge >= 0.3 is 0 Å². The maximum atomic E-state index is 11.4. The molecule has 16 heavy (non-hydrogen) atoms. The third kappa shape index (κ3) is 1.71. The first-order valence-electron chi connectivity index (χ1n) is 4.91. The van der Waals surface area contributed by atoms with Crippen molar-refractivity contribution in [2.24, 2.45) is 0 Å². The molecule has 0 unspecified atom stereocenters. The van der Waals surface area contributed by atoms with E-state index in [0.29, 0.717) is 5.69 Å². The first-order valence-corrected chi connectivity index (χ1v) is 5.99. The molecule has 1 aromatic carbocycles. The van der Waals surface area contributed by atoms with Gasteiger partial charge in [0.15, 0.2) is 5.78 Å². The highest BCUT2D eigenvalue weighted by molar-refractivity contribution is 14.1. The van der Waals surface area contributed by atoms with Gasteiger partial charge in [0.25, 0.3) is 0 Å². The number of methoxy groups -OCH3 is 1. The van der Waals surface area contributed by atoms with Gasteiger partial charge in [-0.25, -0.2) is 0 Å². The average Bonchev–Trinajstić information content (AvgIpc) is 2.57. The van der Waals surface area contributed by atoms with E-state index in [1.54, 1.807) is 14.0 Å². The van der Waals surface area contributed by atoms with Crippen LogP contribution >= 0.6 is 22.6 Å². The summed E-state index contributed by atoms with van der Waals surface area (Å²) in [4.78, 5) is 14.6. The van der Waals surface area contributed by atoms with Crippen LogP contribution in [0.25, 0.3) is 10.9 Å². The fourth-order valence-corrected chi connectivity index (χ4v) is 2.56. The van der Waals surface area contributed by atoms with E-state index in [4.69, 9.17) is 4.74 Å². The zero-order valence-corrected chi connectivity index (χ0v) is 11.5. The molecular weight excluding hydrogens is 317 g/mol. The average molecular weight is 329 g/mol. The van der Waals surface area contributed by atoms with Crippen LogP contribution in [-0.4, -0.2) is 17.9 Å². The molecule has 0 amide bonds. The number of Topliss-reactive ketones (excluding diaryl/α,β-unsaturated/α-hetero) is 1. The predicted octanol–water partition coefficient (Wildman–Crippen LogP) is 3.29. The number of aromatic nitrogens is 1. The zero-order valence-electron chi connectivity index (χ0n) is 9.35. The largest absolute Gasteiger partial charge is 0.497 e. The fraction of sp³-hybridized carbons (Fsp3) is 0.250. The number of carbonyl (C=O) groups is 1. The van der Waals surface area contributed by atoms with E-state index in [-0.39, 0.29) is 5.78 Å². The van der Waals surface area contributed by atoms with Gasteiger partial charge in [0.2, 0.25) is 0 Å². The number of hydrogen-bond donors (Lipinski definition) is 1. The number of ether oxygens (including phenoxy) is 1. The molecule has 0 spiro atoms. The van der Waals surface area contributed by atoms with E-state index in [9.17, 15) is 4.79 Å². The lowest BCUT2D eigenvalue weighted by atomic mass is 10.1. The number of carbonyl (C=O) groups excluding carboxylic acids is 1. The highest BCUT2D eigenvalue weighted by atomic mass is 127. The molecule has 0 saturated carbocycles. The van der Waals surface area contributed by atoms with Crippen molar-refractivity contribution in [3.05, 3.63) is 27.0 Å². The molecule has 1 aromatic heterocycles. The summed E-state index contributed by atoms with van der Waals surface area (Å²) in [6.07, 6.45) is 0. The van der Waals surface area contributed by atoms with Crippen LogP contribution in [0.4, 0.5) is 0 Å². The van der Waals surface area contributed by atoms with E-state index in [1.165, 1.54) is 0 Å². The van der Waals surface area contributed by atoms with E-state index in [1.807, 2.05) is 19.1 Å². The molecule has 0 aliphatic heterocycles. The molecule has 0 fully saturated rings. The molecule has 0 bridgehead atoms. The maximum Gasteiger partial charge on any atom is 0.176 e. The summed E-state index contributed by atoms with van der Waals surface area (Å²) in [5, 5.41) is 1.05. The van der Waals surface area contributed by atoms with Gasteiger partial charge < -0.3 is 9.72 Å². The van der Waals surface area contributed by atoms with Crippen molar-refractivity contribution in [1.82, 2.24) is 4.98 Å². The summed E-state index contributed by atoms with van der Waals surface area (Å²) >= 11 is 2.24. The van der Waals surface area contributed by atoms with Crippen molar-refractivity contribution in [1.29, 1.82) is 0 Å². The van der Waals surface area contributed by atoms with Gasteiger partial charge in [0, 0.05) is 15.9 Å². The Hall–Kier alpha value is -1.04. The number of H-pyrrole nitrogens is 1. The third-order valence-corrected chi connectivity index (χ3v) is 3.53. The summed E-state index contributed by atoms with van der Waals surface area (Å²) in [6, 6.07) is 3.90. The first kappa shape index (κ1) is 11.4. The summed E-state index contributed by atoms with van der Waals surface area (Å²) in [5.74, 6) is 0.873. The molecule has 0 radical (unpaired) electrons. The number of nitrogens with one attached hydrogen (secondary N) is 1. The minimum atomic E-state index is 0.0588. The SMILES string of the molecule is COc1cc(I)c2[nH]c(C(C)=O)c(C)c2c1. The number of hydrogen-bond acceptors (Lipinski definition) is 2. The van der Waals surface area contributed by atoms with Crippen LogP contribution in [0.5, 0.6) is 5.75 Å². The maximum absolute atomic E-state index is 11.4. The van der Waals surface area contributed by atoms with Crippen molar-refractivity contribution in [2.45, 2.75) is 13.8 Å². The molecule has 0 saturated heterocycles. The van der Waals surface area contributed by atoms with E-state index in [0.717, 1.165) is 25.8 Å². The second-order valence-electron chi connectivity index (χ2n) is 3.71. The summed E-state index contributed by atoms with van der Waals surface area (Å²) in [6.45, 7) is 3.52. The van der Waals surface area contributed by atoms with Gasteiger partial charge in [-0.2, -0.15) is 0 Å². The number of ketones is 1. The molecule has 84 valence electrons. The quantitative estimate of drug-likeness (QED) is 0.679. The van der Waals surface area contributed by atoms with Gasteiger partial charge in [0.05, 0.1) is 18.3 Å². The van der Waals surface area contributed by atoms with Crippen LogP contribution < -0.4 is 4.74 Å². The standard InChI is InChI=1S/C12H12INO2/c1-6-9-4-8(16-3)5-10(13)12(9)14-11(6)7(2)15/h4-5,14H,1-3H3. The fourth-order valence-electron chi connectivity index (χ4n) is 1.83. The molecule has 0 atom stereocenters. The summed E-state index contributed by atoms with van der Waals surface area (Å²) in [5.41, 5.74) is 2.67. The lowest BCUT2D eigenvalue weighted by molar-refractivity contribution is 0.101. The lowest BCUT2D eigenvalue weighted by Gasteiger charge is -2.01. The van der Waals surface area contributed by atoms with Crippen molar-refractivity contribution < 1.29 is 9.53 Å². The topological polar surface area (TPSA) is 42.1 Å². The van der Waals surface area contributed by atoms with Gasteiger partial charge in [-0.05, 0) is 47.2 Å². The van der Waals surface area contributed by atoms with Crippen LogP contribution in [0.3, 0.4) is 0 Å². The molecule has 3 nitrogen and oxygen atoms in total. The number of fused-ring (bicyclic) bond motifs is 1. The molecule has 4 heteroatoms.